The predicted molar refractivity (Wildman–Crippen MR) is 111 cm³/mol. The number of nitrogens with one attached hydrogen (secondary N) is 2. The monoisotopic (exact) mass is 456 g/mol. The van der Waals surface area contributed by atoms with Gasteiger partial charge < -0.3 is 20.5 Å². The van der Waals surface area contributed by atoms with E-state index in [-0.39, 0.29) is 45.5 Å². The Bertz CT molecular complexity index is 959. The predicted octanol–water partition coefficient (Wildman–Crippen LogP) is 4.12. The molecule has 2 aromatic rings. The highest BCUT2D eigenvalue weighted by Crippen LogP contribution is 2.35. The third kappa shape index (κ3) is 6.60. The van der Waals surface area contributed by atoms with Crippen LogP contribution in [-0.4, -0.2) is 29.4 Å². The van der Waals surface area contributed by atoms with E-state index in [9.17, 15) is 18.8 Å². The summed E-state index contributed by atoms with van der Waals surface area (Å²) in [7, 11) is 0. The third-order valence-electron chi connectivity index (χ3n) is 3.79. The number of hydrogen-bond donors (Lipinski definition) is 3. The normalized spacial score (nSPS) is 10.6. The zero-order valence-corrected chi connectivity index (χ0v) is 17.6. The van der Waals surface area contributed by atoms with Crippen molar-refractivity contribution in [3.8, 4) is 5.75 Å². The average Bonchev–Trinajstić information content (AvgIpc) is 2.64. The maximum Gasteiger partial charge on any atom is 0.322 e. The molecule has 2 aromatic carbocycles. The van der Waals surface area contributed by atoms with Crippen LogP contribution in [0.5, 0.6) is 5.75 Å². The maximum atomic E-state index is 13.9. The van der Waals surface area contributed by atoms with E-state index in [1.54, 1.807) is 19.9 Å². The molecule has 2 amide bonds. The van der Waals surface area contributed by atoms with E-state index in [1.165, 1.54) is 24.3 Å². The molecule has 0 fully saturated rings. The molecule has 0 heterocycles. The first-order valence-corrected chi connectivity index (χ1v) is 9.54. The SMILES string of the molecule is CC(C)C(=O)Nc1cc(F)cc(COc2c(Cl)cc(C(=O)NCC(=O)O)cc2Cl)c1. The molecule has 0 aliphatic carbocycles. The molecule has 0 atom stereocenters. The van der Waals surface area contributed by atoms with Crippen molar-refractivity contribution >= 4 is 46.7 Å². The number of ether oxygens (including phenoxy) is 1. The standard InChI is InChI=1S/C20H19Cl2FN2O5/c1-10(2)19(28)25-14-4-11(3-13(23)7-14)9-30-18-15(21)5-12(6-16(18)22)20(29)24-8-17(26)27/h3-7,10H,8-9H2,1-2H3,(H,24,29)(H,25,28)(H,26,27). The van der Waals surface area contributed by atoms with E-state index in [1.807, 2.05) is 0 Å². The van der Waals surface area contributed by atoms with E-state index >= 15 is 0 Å². The molecule has 30 heavy (non-hydrogen) atoms. The minimum Gasteiger partial charge on any atom is -0.486 e. The van der Waals surface area contributed by atoms with Crippen molar-refractivity contribution in [1.29, 1.82) is 0 Å². The molecule has 160 valence electrons. The number of anilines is 1. The molecule has 0 bridgehead atoms. The number of hydrogen-bond acceptors (Lipinski definition) is 4. The number of amides is 2. The summed E-state index contributed by atoms with van der Waals surface area (Å²) in [6, 6.07) is 6.54. The van der Waals surface area contributed by atoms with Crippen LogP contribution in [0.2, 0.25) is 10.0 Å². The lowest BCUT2D eigenvalue weighted by Gasteiger charge is -2.13. The van der Waals surface area contributed by atoms with Gasteiger partial charge in [0.05, 0.1) is 10.0 Å². The fourth-order valence-electron chi connectivity index (χ4n) is 2.33. The van der Waals surface area contributed by atoms with Gasteiger partial charge in [-0.25, -0.2) is 4.39 Å². The van der Waals surface area contributed by atoms with Crippen LogP contribution in [0.15, 0.2) is 30.3 Å². The summed E-state index contributed by atoms with van der Waals surface area (Å²) in [5, 5.41) is 13.5. The first-order valence-electron chi connectivity index (χ1n) is 8.79. The molecule has 0 aromatic heterocycles. The van der Waals surface area contributed by atoms with Crippen LogP contribution in [-0.2, 0) is 16.2 Å². The summed E-state index contributed by atoms with van der Waals surface area (Å²) >= 11 is 12.3. The number of carbonyl (C=O) groups is 3. The van der Waals surface area contributed by atoms with E-state index in [2.05, 4.69) is 10.6 Å². The second-order valence-corrected chi connectivity index (χ2v) is 7.44. The highest BCUT2D eigenvalue weighted by molar-refractivity contribution is 6.37. The molecule has 0 unspecified atom stereocenters. The van der Waals surface area contributed by atoms with E-state index in [0.717, 1.165) is 0 Å². The van der Waals surface area contributed by atoms with Crippen molar-refractivity contribution in [1.82, 2.24) is 5.32 Å². The summed E-state index contributed by atoms with van der Waals surface area (Å²) in [6.45, 7) is 2.77. The second-order valence-electron chi connectivity index (χ2n) is 6.63. The van der Waals surface area contributed by atoms with Gasteiger partial charge in [-0.05, 0) is 35.9 Å². The quantitative estimate of drug-likeness (QED) is 0.553. The first-order chi connectivity index (χ1) is 14.1. The third-order valence-corrected chi connectivity index (χ3v) is 4.35. The van der Waals surface area contributed by atoms with Crippen molar-refractivity contribution in [2.75, 3.05) is 11.9 Å². The van der Waals surface area contributed by atoms with Crippen LogP contribution in [0.4, 0.5) is 10.1 Å². The van der Waals surface area contributed by atoms with Gasteiger partial charge in [0.2, 0.25) is 5.91 Å². The maximum absolute atomic E-state index is 13.9. The lowest BCUT2D eigenvalue weighted by atomic mass is 10.1. The van der Waals surface area contributed by atoms with Crippen molar-refractivity contribution in [3.05, 3.63) is 57.3 Å². The molecule has 0 spiro atoms. The number of benzene rings is 2. The van der Waals surface area contributed by atoms with Crippen LogP contribution < -0.4 is 15.4 Å². The summed E-state index contributed by atoms with van der Waals surface area (Å²) in [6.07, 6.45) is 0. The Morgan fingerprint density at radius 3 is 2.30 bits per heavy atom. The lowest BCUT2D eigenvalue weighted by molar-refractivity contribution is -0.135. The Morgan fingerprint density at radius 1 is 1.10 bits per heavy atom. The Balaban J connectivity index is 2.14. The second kappa shape index (κ2) is 10.3. The van der Waals surface area contributed by atoms with Crippen molar-refractivity contribution in [2.24, 2.45) is 5.92 Å². The highest BCUT2D eigenvalue weighted by atomic mass is 35.5. The molecule has 0 saturated heterocycles. The van der Waals surface area contributed by atoms with Gasteiger partial charge in [-0.15, -0.1) is 0 Å². The van der Waals surface area contributed by atoms with Gasteiger partial charge in [-0.3, -0.25) is 14.4 Å². The number of carboxylic acid groups (broad SMARTS) is 1. The fourth-order valence-corrected chi connectivity index (χ4v) is 2.93. The van der Waals surface area contributed by atoms with Gasteiger partial charge in [-0.1, -0.05) is 37.0 Å². The molecule has 7 nitrogen and oxygen atoms in total. The largest absolute Gasteiger partial charge is 0.486 e. The zero-order chi connectivity index (χ0) is 22.4. The molecule has 10 heteroatoms. The molecule has 3 N–H and O–H groups in total. The summed E-state index contributed by atoms with van der Waals surface area (Å²) in [5.74, 6) is -2.86. The topological polar surface area (TPSA) is 105 Å². The Kier molecular flexibility index (Phi) is 8.02. The number of carboxylic acids is 1. The average molecular weight is 457 g/mol. The van der Waals surface area contributed by atoms with Gasteiger partial charge in [0.1, 0.15) is 19.0 Å². The van der Waals surface area contributed by atoms with Crippen LogP contribution in [0.3, 0.4) is 0 Å². The summed E-state index contributed by atoms with van der Waals surface area (Å²) in [5.41, 5.74) is 0.766. The molecule has 0 aliphatic heterocycles. The molecule has 0 saturated carbocycles. The number of carbonyl (C=O) groups excluding carboxylic acids is 2. The van der Waals surface area contributed by atoms with Gasteiger partial charge in [0.15, 0.2) is 5.75 Å². The summed E-state index contributed by atoms with van der Waals surface area (Å²) < 4.78 is 19.5. The number of halogens is 3. The van der Waals surface area contributed by atoms with E-state index < -0.39 is 24.2 Å². The van der Waals surface area contributed by atoms with E-state index in [0.29, 0.717) is 5.56 Å². The van der Waals surface area contributed by atoms with E-state index in [4.69, 9.17) is 33.0 Å². The van der Waals surface area contributed by atoms with Crippen molar-refractivity contribution in [2.45, 2.75) is 20.5 Å². The van der Waals surface area contributed by atoms with Gasteiger partial charge >= 0.3 is 5.97 Å². The molecule has 0 aliphatic rings. The number of rotatable bonds is 8. The smallest absolute Gasteiger partial charge is 0.322 e. The Hall–Kier alpha value is -2.84. The molecular weight excluding hydrogens is 438 g/mol. The van der Waals surface area contributed by atoms with Gasteiger partial charge in [0.25, 0.3) is 5.91 Å². The van der Waals surface area contributed by atoms with Crippen LogP contribution in [0.25, 0.3) is 0 Å². The number of aliphatic carboxylic acids is 1. The molecule has 0 radical (unpaired) electrons. The highest BCUT2D eigenvalue weighted by Gasteiger charge is 2.16. The van der Waals surface area contributed by atoms with Crippen LogP contribution >= 0.6 is 23.2 Å². The zero-order valence-electron chi connectivity index (χ0n) is 16.1. The van der Waals surface area contributed by atoms with Crippen LogP contribution in [0.1, 0.15) is 29.8 Å². The van der Waals surface area contributed by atoms with Crippen molar-refractivity contribution in [3.63, 3.8) is 0 Å². The minimum atomic E-state index is -1.19. The lowest BCUT2D eigenvalue weighted by Crippen LogP contribution is -2.29. The van der Waals surface area contributed by atoms with Crippen molar-refractivity contribution < 1.29 is 28.6 Å². The minimum absolute atomic E-state index is 0.0210. The van der Waals surface area contributed by atoms with Crippen LogP contribution in [0, 0.1) is 11.7 Å². The van der Waals surface area contributed by atoms with Gasteiger partial charge in [0, 0.05) is 17.2 Å². The molecular formula is C20H19Cl2FN2O5. The Morgan fingerprint density at radius 2 is 1.73 bits per heavy atom. The fraction of sp³-hybridized carbons (Fsp3) is 0.250. The van der Waals surface area contributed by atoms with Gasteiger partial charge in [-0.2, -0.15) is 0 Å². The first kappa shape index (κ1) is 23.4. The molecule has 2 rings (SSSR count). The summed E-state index contributed by atoms with van der Waals surface area (Å²) in [4.78, 5) is 34.3. The Labute approximate surface area is 182 Å².